The molecule has 0 aliphatic heterocycles. The number of Topliss-reactive ketones (excluding diaryl/α,β-unsaturated/α-hetero) is 1. The van der Waals surface area contributed by atoms with Gasteiger partial charge in [0.1, 0.15) is 19.0 Å². The first-order valence-corrected chi connectivity index (χ1v) is 7.10. The monoisotopic (exact) mass is 313 g/mol. The highest BCUT2D eigenvalue weighted by Crippen LogP contribution is 2.14. The van der Waals surface area contributed by atoms with Crippen molar-refractivity contribution in [3.05, 3.63) is 36.0 Å². The molecule has 22 heavy (non-hydrogen) atoms. The van der Waals surface area contributed by atoms with E-state index in [0.29, 0.717) is 25.8 Å². The molecule has 0 saturated heterocycles. The summed E-state index contributed by atoms with van der Waals surface area (Å²) in [5, 5.41) is 18.6. The number of aliphatic hydroxyl groups excluding tert-OH is 2. The summed E-state index contributed by atoms with van der Waals surface area (Å²) in [6.45, 7) is 0.635. The van der Waals surface area contributed by atoms with Crippen molar-refractivity contribution in [1.29, 1.82) is 0 Å². The Morgan fingerprint density at radius 2 is 2.23 bits per heavy atom. The first-order valence-electron chi connectivity index (χ1n) is 7.10. The molecule has 1 aliphatic rings. The van der Waals surface area contributed by atoms with E-state index in [0.717, 1.165) is 12.0 Å². The largest absolute Gasteiger partial charge is 0.512 e. The third-order valence-corrected chi connectivity index (χ3v) is 2.76. The number of allylic oxidation sites excluding steroid dienone is 3. The molecule has 0 amide bonds. The van der Waals surface area contributed by atoms with Gasteiger partial charge in [-0.15, -0.1) is 0 Å². The second-order valence-corrected chi connectivity index (χ2v) is 4.71. The maximum absolute atomic E-state index is 11.7. The van der Waals surface area contributed by atoms with Crippen molar-refractivity contribution in [2.45, 2.75) is 18.9 Å². The molecule has 0 bridgehead atoms. The lowest BCUT2D eigenvalue weighted by molar-refractivity contribution is -0.122. The highest BCUT2D eigenvalue weighted by Gasteiger charge is 2.14. The summed E-state index contributed by atoms with van der Waals surface area (Å²) in [6, 6.07) is 0. The Labute approximate surface area is 129 Å². The van der Waals surface area contributed by atoms with Crippen molar-refractivity contribution in [2.75, 3.05) is 33.0 Å². The summed E-state index contributed by atoms with van der Waals surface area (Å²) in [7, 11) is 0. The van der Waals surface area contributed by atoms with Crippen LogP contribution in [0.2, 0.25) is 0 Å². The Balaban J connectivity index is 2.19. The van der Waals surface area contributed by atoms with Crippen molar-refractivity contribution in [3.8, 4) is 0 Å². The van der Waals surface area contributed by atoms with Crippen LogP contribution < -0.4 is 5.73 Å². The van der Waals surface area contributed by atoms with Crippen LogP contribution >= 0.6 is 0 Å². The molecular weight excluding hydrogens is 290 g/mol. The molecule has 7 nitrogen and oxygen atoms in total. The van der Waals surface area contributed by atoms with Gasteiger partial charge < -0.3 is 30.2 Å². The Morgan fingerprint density at radius 3 is 2.82 bits per heavy atom. The minimum Gasteiger partial charge on any atom is -0.512 e. The van der Waals surface area contributed by atoms with Crippen molar-refractivity contribution < 1.29 is 29.2 Å². The molecule has 0 heterocycles. The summed E-state index contributed by atoms with van der Waals surface area (Å²) in [5.74, 6) is -0.775. The molecule has 124 valence electrons. The van der Waals surface area contributed by atoms with Crippen LogP contribution in [0.5, 0.6) is 0 Å². The van der Waals surface area contributed by atoms with Crippen molar-refractivity contribution in [1.82, 2.24) is 0 Å². The Morgan fingerprint density at radius 1 is 1.45 bits per heavy atom. The SMILES string of the molecule is NCCCOCC(O)CO/C(=C\O)C(=O)CO/C=C1/C=CC1. The van der Waals surface area contributed by atoms with Gasteiger partial charge in [-0.3, -0.25) is 4.79 Å². The van der Waals surface area contributed by atoms with Crippen molar-refractivity contribution >= 4 is 5.78 Å². The lowest BCUT2D eigenvalue weighted by Crippen LogP contribution is -2.24. The summed E-state index contributed by atoms with van der Waals surface area (Å²) in [6.07, 6.45) is 6.53. The summed E-state index contributed by atoms with van der Waals surface area (Å²) < 4.78 is 15.3. The average molecular weight is 313 g/mol. The normalized spacial score (nSPS) is 17.2. The molecule has 0 fully saturated rings. The van der Waals surface area contributed by atoms with Crippen LogP contribution in [-0.2, 0) is 19.0 Å². The van der Waals surface area contributed by atoms with E-state index in [1.54, 1.807) is 0 Å². The fraction of sp³-hybridized carbons (Fsp3) is 0.533. The number of ether oxygens (including phenoxy) is 3. The second-order valence-electron chi connectivity index (χ2n) is 4.71. The molecule has 7 heteroatoms. The average Bonchev–Trinajstić information content (AvgIpc) is 2.47. The van der Waals surface area contributed by atoms with Gasteiger partial charge in [0.2, 0.25) is 5.78 Å². The van der Waals surface area contributed by atoms with Crippen LogP contribution in [0.25, 0.3) is 0 Å². The lowest BCUT2D eigenvalue weighted by atomic mass is 10.1. The number of nitrogens with two attached hydrogens (primary N) is 1. The topological polar surface area (TPSA) is 111 Å². The van der Waals surface area contributed by atoms with Gasteiger partial charge >= 0.3 is 0 Å². The minimum atomic E-state index is -0.899. The van der Waals surface area contributed by atoms with E-state index in [1.165, 1.54) is 6.26 Å². The van der Waals surface area contributed by atoms with Crippen LogP contribution in [0.1, 0.15) is 12.8 Å². The summed E-state index contributed by atoms with van der Waals surface area (Å²) in [4.78, 5) is 11.7. The van der Waals surface area contributed by atoms with Gasteiger partial charge in [0.25, 0.3) is 0 Å². The zero-order valence-corrected chi connectivity index (χ0v) is 12.4. The van der Waals surface area contributed by atoms with E-state index >= 15 is 0 Å². The molecule has 0 spiro atoms. The second kappa shape index (κ2) is 10.8. The fourth-order valence-electron chi connectivity index (χ4n) is 1.47. The third kappa shape index (κ3) is 7.26. The van der Waals surface area contributed by atoms with Crippen LogP contribution in [-0.4, -0.2) is 55.1 Å². The van der Waals surface area contributed by atoms with Gasteiger partial charge in [0, 0.05) is 6.61 Å². The number of hydrogen-bond donors (Lipinski definition) is 3. The standard InChI is InChI=1S/C15H23NO6/c16-5-2-6-20-9-13(18)10-22-15(7-17)14(19)11-21-8-12-3-1-4-12/h1,3,7-8,13,17-18H,2,4-6,9-11,16H2/b12-8-,15-7-. The predicted octanol–water partition coefficient (Wildman–Crippen LogP) is 0.558. The van der Waals surface area contributed by atoms with Gasteiger partial charge in [-0.1, -0.05) is 12.2 Å². The van der Waals surface area contributed by atoms with E-state index in [4.69, 9.17) is 25.1 Å². The van der Waals surface area contributed by atoms with E-state index in [-0.39, 0.29) is 25.6 Å². The van der Waals surface area contributed by atoms with Crippen LogP contribution in [0.3, 0.4) is 0 Å². The Bertz CT molecular complexity index is 430. The molecule has 1 aliphatic carbocycles. The van der Waals surface area contributed by atoms with Crippen molar-refractivity contribution in [2.24, 2.45) is 5.73 Å². The molecule has 1 unspecified atom stereocenters. The first-order chi connectivity index (χ1) is 10.7. The maximum atomic E-state index is 11.7. The van der Waals surface area contributed by atoms with E-state index in [2.05, 4.69) is 0 Å². The quantitative estimate of drug-likeness (QED) is 0.274. The number of carbonyl (C=O) groups excluding carboxylic acids is 1. The molecular formula is C15H23NO6. The highest BCUT2D eigenvalue weighted by atomic mass is 16.5. The molecule has 0 aromatic heterocycles. The molecule has 0 aromatic rings. The van der Waals surface area contributed by atoms with Crippen LogP contribution in [0, 0.1) is 0 Å². The van der Waals surface area contributed by atoms with E-state index < -0.39 is 11.9 Å². The summed E-state index contributed by atoms with van der Waals surface area (Å²) in [5.41, 5.74) is 6.30. The Hall–Kier alpha value is -1.83. The van der Waals surface area contributed by atoms with Gasteiger partial charge in [-0.2, -0.15) is 0 Å². The maximum Gasteiger partial charge on any atom is 0.237 e. The zero-order chi connectivity index (χ0) is 16.2. The number of rotatable bonds is 12. The molecule has 4 N–H and O–H groups in total. The van der Waals surface area contributed by atoms with E-state index in [9.17, 15) is 9.90 Å². The highest BCUT2D eigenvalue weighted by molar-refractivity contribution is 5.94. The van der Waals surface area contributed by atoms with Gasteiger partial charge in [0.15, 0.2) is 12.4 Å². The molecule has 0 saturated carbocycles. The van der Waals surface area contributed by atoms with E-state index in [1.807, 2.05) is 12.2 Å². The minimum absolute atomic E-state index is 0.0713. The van der Waals surface area contributed by atoms with Crippen molar-refractivity contribution in [3.63, 3.8) is 0 Å². The van der Waals surface area contributed by atoms with Crippen LogP contribution in [0.15, 0.2) is 36.0 Å². The first kappa shape index (κ1) is 18.2. The number of carbonyl (C=O) groups is 1. The lowest BCUT2D eigenvalue weighted by Gasteiger charge is -2.14. The zero-order valence-electron chi connectivity index (χ0n) is 12.4. The fourth-order valence-corrected chi connectivity index (χ4v) is 1.47. The molecule has 1 rings (SSSR count). The number of ketones is 1. The number of aliphatic hydroxyl groups is 2. The molecule has 1 atom stereocenters. The molecule has 0 aromatic carbocycles. The van der Waals surface area contributed by atoms with Gasteiger partial charge in [-0.05, 0) is 25.0 Å². The molecule has 0 radical (unpaired) electrons. The third-order valence-electron chi connectivity index (χ3n) is 2.76. The van der Waals surface area contributed by atoms with Crippen LogP contribution in [0.4, 0.5) is 0 Å². The smallest absolute Gasteiger partial charge is 0.237 e. The van der Waals surface area contributed by atoms with Gasteiger partial charge in [0.05, 0.1) is 12.9 Å². The Kier molecular flexibility index (Phi) is 8.97. The number of hydrogen-bond acceptors (Lipinski definition) is 7. The predicted molar refractivity (Wildman–Crippen MR) is 80.0 cm³/mol. The summed E-state index contributed by atoms with van der Waals surface area (Å²) >= 11 is 0. The van der Waals surface area contributed by atoms with Gasteiger partial charge in [-0.25, -0.2) is 0 Å².